The molecule has 106 valence electrons. The molecule has 0 radical (unpaired) electrons. The number of carbonyl (C=O) groups excluding carboxylic acids is 1. The van der Waals surface area contributed by atoms with Crippen LogP contribution in [-0.2, 0) is 9.53 Å². The normalized spacial score (nSPS) is 21.7. The van der Waals surface area contributed by atoms with E-state index in [1.165, 1.54) is 26.4 Å². The van der Waals surface area contributed by atoms with E-state index in [1.54, 1.807) is 11.8 Å². The van der Waals surface area contributed by atoms with Gasteiger partial charge in [0, 0.05) is 17.4 Å². The van der Waals surface area contributed by atoms with Crippen LogP contribution in [0.4, 0.5) is 0 Å². The Morgan fingerprint density at radius 1 is 1.26 bits per heavy atom. The molecule has 2 rings (SSSR count). The van der Waals surface area contributed by atoms with Crippen LogP contribution in [0, 0.1) is 5.92 Å². The van der Waals surface area contributed by atoms with E-state index in [-0.39, 0.29) is 5.97 Å². The second kappa shape index (κ2) is 6.98. The van der Waals surface area contributed by atoms with E-state index in [0.29, 0.717) is 12.3 Å². The average Bonchev–Trinajstić information content (AvgIpc) is 2.94. The van der Waals surface area contributed by atoms with Crippen molar-refractivity contribution in [2.24, 2.45) is 26.6 Å². The maximum absolute atomic E-state index is 11.1. The molecule has 1 fully saturated rings. The lowest BCUT2D eigenvalue weighted by Crippen LogP contribution is -2.36. The fourth-order valence-electron chi connectivity index (χ4n) is 2.60. The van der Waals surface area contributed by atoms with Crippen LogP contribution in [-0.4, -0.2) is 30.2 Å². The summed E-state index contributed by atoms with van der Waals surface area (Å²) in [6.07, 6.45) is 6.51. The van der Waals surface area contributed by atoms with Crippen molar-refractivity contribution in [2.75, 3.05) is 18.6 Å². The molecule has 1 saturated carbocycles. The van der Waals surface area contributed by atoms with Crippen LogP contribution in [0.25, 0.3) is 0 Å². The number of hydrogen-bond acceptors (Lipinski definition) is 7. The maximum atomic E-state index is 11.1. The second-order valence-electron chi connectivity index (χ2n) is 4.97. The smallest absolute Gasteiger partial charge is 0.306 e. The number of ether oxygens (including phenoxy) is 1. The van der Waals surface area contributed by atoms with Crippen LogP contribution < -0.4 is 0 Å². The van der Waals surface area contributed by atoms with Gasteiger partial charge in [-0.05, 0) is 23.3 Å². The summed E-state index contributed by atoms with van der Waals surface area (Å²) in [5.74, 6) is 1.75. The van der Waals surface area contributed by atoms with Gasteiger partial charge in [-0.15, -0.1) is 10.2 Å². The fourth-order valence-corrected chi connectivity index (χ4v) is 3.71. The molecule has 1 heterocycles. The Balaban J connectivity index is 1.84. The van der Waals surface area contributed by atoms with E-state index in [2.05, 4.69) is 25.4 Å². The molecule has 0 spiro atoms. The van der Waals surface area contributed by atoms with Crippen molar-refractivity contribution < 1.29 is 9.53 Å². The van der Waals surface area contributed by atoms with Gasteiger partial charge in [-0.2, -0.15) is 11.8 Å². The van der Waals surface area contributed by atoms with Crippen LogP contribution in [0.5, 0.6) is 0 Å². The Morgan fingerprint density at radius 3 is 2.58 bits per heavy atom. The van der Waals surface area contributed by atoms with Gasteiger partial charge in [0.05, 0.1) is 13.5 Å². The standard InChI is InChI=1S/C12H20N4O2S/c1-18-11(17)7-8-19-9-12(13-15-16-14-12)10-5-3-2-4-6-10/h10H,2-9H2,1H3. The minimum atomic E-state index is -0.471. The van der Waals surface area contributed by atoms with Gasteiger partial charge in [0.2, 0.25) is 5.66 Å². The molecule has 0 unspecified atom stereocenters. The zero-order valence-electron chi connectivity index (χ0n) is 11.2. The van der Waals surface area contributed by atoms with Gasteiger partial charge in [0.1, 0.15) is 0 Å². The van der Waals surface area contributed by atoms with Crippen molar-refractivity contribution in [1.29, 1.82) is 0 Å². The van der Waals surface area contributed by atoms with E-state index < -0.39 is 5.66 Å². The molecule has 0 aromatic rings. The van der Waals surface area contributed by atoms with Gasteiger partial charge in [0.25, 0.3) is 0 Å². The molecule has 0 aromatic heterocycles. The molecule has 0 N–H and O–H groups in total. The lowest BCUT2D eigenvalue weighted by atomic mass is 9.81. The van der Waals surface area contributed by atoms with Gasteiger partial charge in [-0.1, -0.05) is 19.3 Å². The number of rotatable bonds is 6. The summed E-state index contributed by atoms with van der Waals surface area (Å²) in [6.45, 7) is 0. The van der Waals surface area contributed by atoms with Crippen molar-refractivity contribution in [3.63, 3.8) is 0 Å². The Morgan fingerprint density at radius 2 is 1.95 bits per heavy atom. The SMILES string of the molecule is COC(=O)CCSCC1(C2CCCCC2)N=NN=N1. The quantitative estimate of drug-likeness (QED) is 0.554. The molecule has 7 heteroatoms. The first-order valence-electron chi connectivity index (χ1n) is 6.75. The highest BCUT2D eigenvalue weighted by Gasteiger charge is 2.42. The monoisotopic (exact) mass is 284 g/mol. The highest BCUT2D eigenvalue weighted by atomic mass is 32.2. The maximum Gasteiger partial charge on any atom is 0.306 e. The first kappa shape index (κ1) is 14.4. The zero-order valence-corrected chi connectivity index (χ0v) is 12.1. The van der Waals surface area contributed by atoms with E-state index in [1.807, 2.05) is 0 Å². The predicted octanol–water partition coefficient (Wildman–Crippen LogP) is 3.39. The molecular weight excluding hydrogens is 264 g/mol. The number of hydrogen-bond donors (Lipinski definition) is 0. The predicted molar refractivity (Wildman–Crippen MR) is 73.0 cm³/mol. The molecule has 19 heavy (non-hydrogen) atoms. The number of esters is 1. The van der Waals surface area contributed by atoms with Crippen molar-refractivity contribution in [1.82, 2.24) is 0 Å². The highest BCUT2D eigenvalue weighted by Crippen LogP contribution is 2.40. The first-order chi connectivity index (χ1) is 9.27. The molecule has 0 amide bonds. The van der Waals surface area contributed by atoms with Gasteiger partial charge >= 0.3 is 5.97 Å². The fraction of sp³-hybridized carbons (Fsp3) is 0.917. The van der Waals surface area contributed by atoms with E-state index in [9.17, 15) is 4.79 Å². The van der Waals surface area contributed by atoms with E-state index in [4.69, 9.17) is 0 Å². The van der Waals surface area contributed by atoms with Crippen molar-refractivity contribution in [3.05, 3.63) is 0 Å². The zero-order chi connectivity index (χ0) is 13.6. The number of nitrogens with zero attached hydrogens (tertiary/aromatic N) is 4. The Kier molecular flexibility index (Phi) is 5.30. The van der Waals surface area contributed by atoms with Crippen molar-refractivity contribution >= 4 is 17.7 Å². The van der Waals surface area contributed by atoms with E-state index in [0.717, 1.165) is 24.3 Å². The number of thioether (sulfide) groups is 1. The minimum absolute atomic E-state index is 0.172. The largest absolute Gasteiger partial charge is 0.469 e. The summed E-state index contributed by atoms with van der Waals surface area (Å²) < 4.78 is 4.63. The lowest BCUT2D eigenvalue weighted by Gasteiger charge is -2.32. The topological polar surface area (TPSA) is 75.7 Å². The summed E-state index contributed by atoms with van der Waals surface area (Å²) in [4.78, 5) is 11.1. The summed E-state index contributed by atoms with van der Waals surface area (Å²) in [5, 5.41) is 16.0. The Bertz CT molecular complexity index is 355. The molecule has 1 aliphatic heterocycles. The minimum Gasteiger partial charge on any atom is -0.469 e. The van der Waals surface area contributed by atoms with Gasteiger partial charge in [-0.3, -0.25) is 4.79 Å². The summed E-state index contributed by atoms with van der Waals surface area (Å²) in [7, 11) is 1.41. The molecule has 0 aromatic carbocycles. The van der Waals surface area contributed by atoms with Gasteiger partial charge < -0.3 is 4.74 Å². The molecule has 0 atom stereocenters. The van der Waals surface area contributed by atoms with Gasteiger partial charge in [0.15, 0.2) is 0 Å². The van der Waals surface area contributed by atoms with Crippen LogP contribution in [0.3, 0.4) is 0 Å². The summed E-state index contributed by atoms with van der Waals surface area (Å²) in [5.41, 5.74) is -0.471. The third kappa shape index (κ3) is 3.75. The third-order valence-electron chi connectivity index (χ3n) is 3.73. The molecule has 6 nitrogen and oxygen atoms in total. The molecule has 1 aliphatic carbocycles. The number of carbonyl (C=O) groups is 1. The molecule has 0 bridgehead atoms. The first-order valence-corrected chi connectivity index (χ1v) is 7.91. The molecule has 2 aliphatic rings. The highest BCUT2D eigenvalue weighted by molar-refractivity contribution is 7.99. The lowest BCUT2D eigenvalue weighted by molar-refractivity contribution is -0.140. The third-order valence-corrected chi connectivity index (χ3v) is 4.85. The Hall–Kier alpha value is -0.980. The summed E-state index contributed by atoms with van der Waals surface area (Å²) in [6, 6.07) is 0. The van der Waals surface area contributed by atoms with Crippen molar-refractivity contribution in [2.45, 2.75) is 44.2 Å². The van der Waals surface area contributed by atoms with Crippen molar-refractivity contribution in [3.8, 4) is 0 Å². The number of methoxy groups -OCH3 is 1. The van der Waals surface area contributed by atoms with E-state index >= 15 is 0 Å². The molecule has 0 saturated heterocycles. The Labute approximate surface area is 117 Å². The summed E-state index contributed by atoms with van der Waals surface area (Å²) >= 11 is 1.68. The van der Waals surface area contributed by atoms with Crippen LogP contribution in [0.1, 0.15) is 38.5 Å². The average molecular weight is 284 g/mol. The second-order valence-corrected chi connectivity index (χ2v) is 6.08. The van der Waals surface area contributed by atoms with Crippen LogP contribution >= 0.6 is 11.8 Å². The van der Waals surface area contributed by atoms with Crippen LogP contribution in [0.2, 0.25) is 0 Å². The molecular formula is C12H20N4O2S. The van der Waals surface area contributed by atoms with Crippen LogP contribution in [0.15, 0.2) is 20.7 Å². The van der Waals surface area contributed by atoms with Gasteiger partial charge in [-0.25, -0.2) is 0 Å².